The van der Waals surface area contributed by atoms with E-state index in [1.807, 2.05) is 19.1 Å². The number of anilines is 1. The Morgan fingerprint density at radius 3 is 2.74 bits per heavy atom. The van der Waals surface area contributed by atoms with Crippen molar-refractivity contribution in [3.63, 3.8) is 0 Å². The molecule has 0 bridgehead atoms. The predicted octanol–water partition coefficient (Wildman–Crippen LogP) is 3.16. The molecule has 0 fully saturated rings. The van der Waals surface area contributed by atoms with Gasteiger partial charge in [0, 0.05) is 10.6 Å². The first-order valence-corrected chi connectivity index (χ1v) is 7.54. The number of carbonyl (C=O) groups excluding carboxylic acids is 2. The number of nitrogens with one attached hydrogen (secondary N) is 2. The maximum atomic E-state index is 12.4. The summed E-state index contributed by atoms with van der Waals surface area (Å²) in [6.07, 6.45) is 0. The lowest BCUT2D eigenvalue weighted by molar-refractivity contribution is -0.118. The highest BCUT2D eigenvalue weighted by Crippen LogP contribution is 2.28. The van der Waals surface area contributed by atoms with Gasteiger partial charge in [0.25, 0.3) is 11.8 Å². The van der Waals surface area contributed by atoms with E-state index in [9.17, 15) is 9.59 Å². The SMILES string of the molecule is CC(NC(=O)c1ccc2c(c1)NC(=O)CO2)c1ccc(Cl)cc1. The second-order valence-corrected chi connectivity index (χ2v) is 5.73. The Bertz CT molecular complexity index is 759. The third-order valence-corrected chi connectivity index (χ3v) is 3.84. The summed E-state index contributed by atoms with van der Waals surface area (Å²) in [6, 6.07) is 12.1. The van der Waals surface area contributed by atoms with Crippen molar-refractivity contribution in [3.05, 3.63) is 58.6 Å². The molecule has 5 nitrogen and oxygen atoms in total. The number of halogens is 1. The molecule has 23 heavy (non-hydrogen) atoms. The van der Waals surface area contributed by atoms with Crippen LogP contribution in [0.15, 0.2) is 42.5 Å². The maximum absolute atomic E-state index is 12.4. The van der Waals surface area contributed by atoms with Crippen LogP contribution in [0.1, 0.15) is 28.9 Å². The summed E-state index contributed by atoms with van der Waals surface area (Å²) in [5, 5.41) is 6.25. The van der Waals surface area contributed by atoms with Gasteiger partial charge in [-0.25, -0.2) is 0 Å². The predicted molar refractivity (Wildman–Crippen MR) is 87.9 cm³/mol. The molecule has 3 rings (SSSR count). The summed E-state index contributed by atoms with van der Waals surface area (Å²) in [6.45, 7) is 1.89. The molecular weight excluding hydrogens is 316 g/mol. The van der Waals surface area contributed by atoms with Crippen molar-refractivity contribution < 1.29 is 14.3 Å². The summed E-state index contributed by atoms with van der Waals surface area (Å²) in [5.74, 6) is 0.103. The minimum absolute atomic E-state index is 0.00779. The van der Waals surface area contributed by atoms with Gasteiger partial charge in [0.1, 0.15) is 5.75 Å². The fraction of sp³-hybridized carbons (Fsp3) is 0.176. The Morgan fingerprint density at radius 1 is 1.26 bits per heavy atom. The number of ether oxygens (including phenoxy) is 1. The molecule has 0 aromatic heterocycles. The molecule has 1 aliphatic rings. The van der Waals surface area contributed by atoms with Crippen molar-refractivity contribution in [2.75, 3.05) is 11.9 Å². The highest BCUT2D eigenvalue weighted by molar-refractivity contribution is 6.30. The van der Waals surface area contributed by atoms with Gasteiger partial charge in [0.05, 0.1) is 11.7 Å². The molecule has 1 heterocycles. The standard InChI is InChI=1S/C17H15ClN2O3/c1-10(11-2-5-13(18)6-3-11)19-17(22)12-4-7-15-14(8-12)20-16(21)9-23-15/h2-8,10H,9H2,1H3,(H,19,22)(H,20,21). The Balaban J connectivity index is 1.74. The van der Waals surface area contributed by atoms with Gasteiger partial charge in [0.2, 0.25) is 0 Å². The number of hydrogen-bond donors (Lipinski definition) is 2. The van der Waals surface area contributed by atoms with E-state index in [-0.39, 0.29) is 24.5 Å². The van der Waals surface area contributed by atoms with Gasteiger partial charge in [0.15, 0.2) is 6.61 Å². The first-order valence-electron chi connectivity index (χ1n) is 7.16. The topological polar surface area (TPSA) is 67.4 Å². The molecule has 1 atom stereocenters. The molecule has 1 aliphatic heterocycles. The molecule has 118 valence electrons. The summed E-state index contributed by atoms with van der Waals surface area (Å²) >= 11 is 5.86. The number of carbonyl (C=O) groups is 2. The average molecular weight is 331 g/mol. The smallest absolute Gasteiger partial charge is 0.262 e. The molecule has 0 saturated carbocycles. The number of benzene rings is 2. The highest BCUT2D eigenvalue weighted by atomic mass is 35.5. The average Bonchev–Trinajstić information content (AvgIpc) is 2.54. The summed E-state index contributed by atoms with van der Waals surface area (Å²) in [5.41, 5.74) is 1.92. The molecule has 1 unspecified atom stereocenters. The Hall–Kier alpha value is -2.53. The summed E-state index contributed by atoms with van der Waals surface area (Å²) in [4.78, 5) is 23.7. The van der Waals surface area contributed by atoms with Crippen LogP contribution in [-0.4, -0.2) is 18.4 Å². The molecular formula is C17H15ClN2O3. The van der Waals surface area contributed by atoms with Gasteiger partial charge >= 0.3 is 0 Å². The number of rotatable bonds is 3. The van der Waals surface area contributed by atoms with E-state index in [0.29, 0.717) is 22.0 Å². The molecule has 6 heteroatoms. The number of hydrogen-bond acceptors (Lipinski definition) is 3. The zero-order valence-electron chi connectivity index (χ0n) is 12.4. The lowest BCUT2D eigenvalue weighted by Gasteiger charge is -2.19. The zero-order chi connectivity index (χ0) is 16.4. The molecule has 2 aromatic carbocycles. The lowest BCUT2D eigenvalue weighted by atomic mass is 10.1. The minimum Gasteiger partial charge on any atom is -0.482 e. The van der Waals surface area contributed by atoms with E-state index < -0.39 is 0 Å². The first-order chi connectivity index (χ1) is 11.0. The third kappa shape index (κ3) is 3.46. The van der Waals surface area contributed by atoms with Gasteiger partial charge in [-0.2, -0.15) is 0 Å². The summed E-state index contributed by atoms with van der Waals surface area (Å²) in [7, 11) is 0. The summed E-state index contributed by atoms with van der Waals surface area (Å²) < 4.78 is 5.28. The van der Waals surface area contributed by atoms with Gasteiger partial charge in [-0.1, -0.05) is 23.7 Å². The zero-order valence-corrected chi connectivity index (χ0v) is 13.2. The quantitative estimate of drug-likeness (QED) is 0.908. The van der Waals surface area contributed by atoms with Crippen LogP contribution in [0.5, 0.6) is 5.75 Å². The second kappa shape index (κ2) is 6.30. The van der Waals surface area contributed by atoms with Crippen LogP contribution >= 0.6 is 11.6 Å². The van der Waals surface area contributed by atoms with Crippen LogP contribution in [0.4, 0.5) is 5.69 Å². The van der Waals surface area contributed by atoms with Gasteiger partial charge < -0.3 is 15.4 Å². The van der Waals surface area contributed by atoms with Crippen LogP contribution in [-0.2, 0) is 4.79 Å². The Kier molecular flexibility index (Phi) is 4.21. The Morgan fingerprint density at radius 2 is 2.00 bits per heavy atom. The fourth-order valence-electron chi connectivity index (χ4n) is 2.34. The Labute approximate surface area is 138 Å². The van der Waals surface area contributed by atoms with Crippen LogP contribution in [0.3, 0.4) is 0 Å². The van der Waals surface area contributed by atoms with Crippen LogP contribution < -0.4 is 15.4 Å². The minimum atomic E-state index is -0.232. The molecule has 0 saturated heterocycles. The van der Waals surface area contributed by atoms with E-state index in [0.717, 1.165) is 5.56 Å². The van der Waals surface area contributed by atoms with Crippen LogP contribution in [0.2, 0.25) is 5.02 Å². The van der Waals surface area contributed by atoms with Crippen molar-refractivity contribution in [3.8, 4) is 5.75 Å². The van der Waals surface area contributed by atoms with Crippen LogP contribution in [0, 0.1) is 0 Å². The van der Waals surface area contributed by atoms with Crippen LogP contribution in [0.25, 0.3) is 0 Å². The van der Waals surface area contributed by atoms with Gasteiger partial charge in [-0.15, -0.1) is 0 Å². The monoisotopic (exact) mass is 330 g/mol. The molecule has 0 radical (unpaired) electrons. The highest BCUT2D eigenvalue weighted by Gasteiger charge is 2.18. The molecule has 2 amide bonds. The van der Waals surface area contributed by atoms with Gasteiger partial charge in [-0.05, 0) is 42.8 Å². The van der Waals surface area contributed by atoms with Crippen molar-refractivity contribution in [1.82, 2.24) is 5.32 Å². The molecule has 2 N–H and O–H groups in total. The first kappa shape index (κ1) is 15.4. The molecule has 0 spiro atoms. The van der Waals surface area contributed by atoms with Gasteiger partial charge in [-0.3, -0.25) is 9.59 Å². The largest absolute Gasteiger partial charge is 0.482 e. The van der Waals surface area contributed by atoms with E-state index in [1.54, 1.807) is 30.3 Å². The fourth-order valence-corrected chi connectivity index (χ4v) is 2.47. The normalized spacial score (nSPS) is 14.3. The van der Waals surface area contributed by atoms with E-state index in [4.69, 9.17) is 16.3 Å². The van der Waals surface area contributed by atoms with E-state index in [1.165, 1.54) is 0 Å². The van der Waals surface area contributed by atoms with Crippen molar-refractivity contribution >= 4 is 29.1 Å². The molecule has 0 aliphatic carbocycles. The van der Waals surface area contributed by atoms with E-state index >= 15 is 0 Å². The molecule has 2 aromatic rings. The van der Waals surface area contributed by atoms with Crippen molar-refractivity contribution in [1.29, 1.82) is 0 Å². The second-order valence-electron chi connectivity index (χ2n) is 5.29. The number of fused-ring (bicyclic) bond motifs is 1. The van der Waals surface area contributed by atoms with Crippen molar-refractivity contribution in [2.45, 2.75) is 13.0 Å². The number of amides is 2. The third-order valence-electron chi connectivity index (χ3n) is 3.59. The maximum Gasteiger partial charge on any atom is 0.262 e. The van der Waals surface area contributed by atoms with Crippen molar-refractivity contribution in [2.24, 2.45) is 0 Å². The lowest BCUT2D eigenvalue weighted by Crippen LogP contribution is -2.28. The van der Waals surface area contributed by atoms with E-state index in [2.05, 4.69) is 10.6 Å².